The van der Waals surface area contributed by atoms with E-state index in [2.05, 4.69) is 48.8 Å². The van der Waals surface area contributed by atoms with Crippen molar-refractivity contribution in [3.8, 4) is 5.69 Å². The molecule has 1 N–H and O–H groups in total. The summed E-state index contributed by atoms with van der Waals surface area (Å²) in [6, 6.07) is 15.5. The van der Waals surface area contributed by atoms with Crippen molar-refractivity contribution in [1.82, 2.24) is 15.0 Å². The maximum absolute atomic E-state index is 10.7. The summed E-state index contributed by atoms with van der Waals surface area (Å²) in [6.45, 7) is 0. The van der Waals surface area contributed by atoms with E-state index in [0.29, 0.717) is 5.69 Å². The van der Waals surface area contributed by atoms with Crippen LogP contribution in [0.15, 0.2) is 59.2 Å². The summed E-state index contributed by atoms with van der Waals surface area (Å²) in [5, 5.41) is 18.7. The number of rotatable bonds is 3. The Morgan fingerprint density at radius 1 is 1.14 bits per heavy atom. The number of halogens is 2. The minimum absolute atomic E-state index is 0.636. The highest BCUT2D eigenvalue weighted by Gasteiger charge is 2.19. The number of hydrogen-bond acceptors (Lipinski definition) is 3. The summed E-state index contributed by atoms with van der Waals surface area (Å²) in [4.78, 5) is 0. The van der Waals surface area contributed by atoms with Gasteiger partial charge in [0.25, 0.3) is 0 Å². The summed E-state index contributed by atoms with van der Waals surface area (Å²) in [5.74, 6) is 0. The molecule has 0 aliphatic heterocycles. The van der Waals surface area contributed by atoms with Crippen molar-refractivity contribution in [2.24, 2.45) is 0 Å². The number of para-hydroxylation sites is 1. The van der Waals surface area contributed by atoms with Crippen molar-refractivity contribution in [2.45, 2.75) is 6.10 Å². The van der Waals surface area contributed by atoms with Crippen molar-refractivity contribution in [2.75, 3.05) is 0 Å². The van der Waals surface area contributed by atoms with Gasteiger partial charge in [0, 0.05) is 13.6 Å². The van der Waals surface area contributed by atoms with Gasteiger partial charge in [-0.05, 0) is 52.9 Å². The lowest BCUT2D eigenvalue weighted by Crippen LogP contribution is -2.09. The number of aliphatic hydroxyl groups excluding tert-OH is 1. The van der Waals surface area contributed by atoms with Crippen LogP contribution in [-0.4, -0.2) is 20.1 Å². The Labute approximate surface area is 144 Å². The molecule has 0 fully saturated rings. The summed E-state index contributed by atoms with van der Waals surface area (Å²) >= 11 is 5.65. The van der Waals surface area contributed by atoms with Crippen molar-refractivity contribution in [1.29, 1.82) is 0 Å². The zero-order chi connectivity index (χ0) is 14.8. The molecule has 0 radical (unpaired) electrons. The molecule has 0 spiro atoms. The van der Waals surface area contributed by atoms with Gasteiger partial charge in [0.05, 0.1) is 17.6 Å². The highest BCUT2D eigenvalue weighted by atomic mass is 127. The van der Waals surface area contributed by atoms with Gasteiger partial charge in [0.2, 0.25) is 0 Å². The molecule has 0 aliphatic carbocycles. The molecule has 6 heteroatoms. The Bertz CT molecular complexity index is 761. The number of aromatic nitrogens is 3. The van der Waals surface area contributed by atoms with E-state index in [1.807, 2.05) is 48.5 Å². The van der Waals surface area contributed by atoms with Gasteiger partial charge in [-0.25, -0.2) is 4.68 Å². The minimum atomic E-state index is -0.787. The second kappa shape index (κ2) is 6.25. The van der Waals surface area contributed by atoms with Crippen LogP contribution in [0.1, 0.15) is 17.4 Å². The Morgan fingerprint density at radius 2 is 1.90 bits per heavy atom. The standard InChI is InChI=1S/C15H11BrIN3O/c16-10-6-7-13(17)12(8-10)15(21)14-9-18-19-20(14)11-4-2-1-3-5-11/h1-9,15,21H. The average Bonchev–Trinajstić information content (AvgIpc) is 2.99. The minimum Gasteiger partial charge on any atom is -0.382 e. The van der Waals surface area contributed by atoms with Crippen LogP contribution in [0.25, 0.3) is 5.69 Å². The van der Waals surface area contributed by atoms with Crippen molar-refractivity contribution in [3.05, 3.63) is 74.0 Å². The van der Waals surface area contributed by atoms with Gasteiger partial charge < -0.3 is 5.11 Å². The first kappa shape index (κ1) is 14.7. The number of aliphatic hydroxyl groups is 1. The van der Waals surface area contributed by atoms with Gasteiger partial charge in [0.15, 0.2) is 0 Å². The Hall–Kier alpha value is -1.25. The molecule has 3 aromatic rings. The van der Waals surface area contributed by atoms with Gasteiger partial charge >= 0.3 is 0 Å². The molecule has 0 saturated heterocycles. The molecule has 4 nitrogen and oxygen atoms in total. The molecule has 0 amide bonds. The maximum Gasteiger partial charge on any atom is 0.124 e. The summed E-state index contributed by atoms with van der Waals surface area (Å²) in [5.41, 5.74) is 2.33. The van der Waals surface area contributed by atoms with Crippen LogP contribution < -0.4 is 0 Å². The van der Waals surface area contributed by atoms with Crippen molar-refractivity contribution >= 4 is 38.5 Å². The third-order valence-electron chi connectivity index (χ3n) is 3.11. The third kappa shape index (κ3) is 3.02. The molecule has 0 bridgehead atoms. The lowest BCUT2D eigenvalue weighted by atomic mass is 10.1. The molecule has 0 saturated carbocycles. The van der Waals surface area contributed by atoms with Crippen LogP contribution in [0.2, 0.25) is 0 Å². The Morgan fingerprint density at radius 3 is 2.67 bits per heavy atom. The largest absolute Gasteiger partial charge is 0.382 e. The summed E-state index contributed by atoms with van der Waals surface area (Å²) in [7, 11) is 0. The predicted molar refractivity (Wildman–Crippen MR) is 92.3 cm³/mol. The fraction of sp³-hybridized carbons (Fsp3) is 0.0667. The van der Waals surface area contributed by atoms with E-state index in [9.17, 15) is 5.11 Å². The fourth-order valence-electron chi connectivity index (χ4n) is 2.08. The molecule has 3 rings (SSSR count). The molecule has 0 aliphatic rings. The molecule has 106 valence electrons. The normalized spacial score (nSPS) is 12.3. The van der Waals surface area contributed by atoms with E-state index in [-0.39, 0.29) is 0 Å². The number of hydrogen-bond donors (Lipinski definition) is 1. The molecular formula is C15H11BrIN3O. The molecular weight excluding hydrogens is 445 g/mol. The Balaban J connectivity index is 2.06. The number of benzene rings is 2. The lowest BCUT2D eigenvalue weighted by molar-refractivity contribution is 0.211. The topological polar surface area (TPSA) is 50.9 Å². The van der Waals surface area contributed by atoms with Gasteiger partial charge in [-0.2, -0.15) is 0 Å². The summed E-state index contributed by atoms with van der Waals surface area (Å²) < 4.78 is 3.57. The van der Waals surface area contributed by atoms with E-state index in [0.717, 1.165) is 19.3 Å². The molecule has 1 atom stereocenters. The monoisotopic (exact) mass is 455 g/mol. The Kier molecular flexibility index (Phi) is 4.37. The highest BCUT2D eigenvalue weighted by Crippen LogP contribution is 2.29. The van der Waals surface area contributed by atoms with Crippen LogP contribution in [0.5, 0.6) is 0 Å². The third-order valence-corrected chi connectivity index (χ3v) is 4.58. The van der Waals surface area contributed by atoms with Crippen molar-refractivity contribution < 1.29 is 5.11 Å². The van der Waals surface area contributed by atoms with E-state index < -0.39 is 6.10 Å². The molecule has 21 heavy (non-hydrogen) atoms. The molecule has 1 heterocycles. The van der Waals surface area contributed by atoms with E-state index in [1.165, 1.54) is 0 Å². The van der Waals surface area contributed by atoms with Gasteiger partial charge in [0.1, 0.15) is 6.10 Å². The molecule has 1 unspecified atom stereocenters. The van der Waals surface area contributed by atoms with E-state index in [4.69, 9.17) is 0 Å². The second-order valence-corrected chi connectivity index (χ2v) is 6.55. The zero-order valence-corrected chi connectivity index (χ0v) is 14.6. The first-order chi connectivity index (χ1) is 10.2. The molecule has 2 aromatic carbocycles. The van der Waals surface area contributed by atoms with Crippen LogP contribution in [-0.2, 0) is 0 Å². The first-order valence-electron chi connectivity index (χ1n) is 6.26. The lowest BCUT2D eigenvalue weighted by Gasteiger charge is -2.14. The van der Waals surface area contributed by atoms with Crippen LogP contribution in [0.4, 0.5) is 0 Å². The van der Waals surface area contributed by atoms with Crippen LogP contribution in [0.3, 0.4) is 0 Å². The smallest absolute Gasteiger partial charge is 0.124 e. The fourth-order valence-corrected chi connectivity index (χ4v) is 3.09. The second-order valence-electron chi connectivity index (χ2n) is 4.47. The van der Waals surface area contributed by atoms with Crippen LogP contribution >= 0.6 is 38.5 Å². The van der Waals surface area contributed by atoms with Gasteiger partial charge in [-0.3, -0.25) is 0 Å². The van der Waals surface area contributed by atoms with E-state index >= 15 is 0 Å². The first-order valence-corrected chi connectivity index (χ1v) is 8.13. The maximum atomic E-state index is 10.7. The molecule has 1 aromatic heterocycles. The summed E-state index contributed by atoms with van der Waals surface area (Å²) in [6.07, 6.45) is 0.805. The van der Waals surface area contributed by atoms with Crippen LogP contribution in [0, 0.1) is 3.57 Å². The zero-order valence-electron chi connectivity index (χ0n) is 10.8. The van der Waals surface area contributed by atoms with Crippen molar-refractivity contribution in [3.63, 3.8) is 0 Å². The number of nitrogens with zero attached hydrogens (tertiary/aromatic N) is 3. The van der Waals surface area contributed by atoms with Gasteiger partial charge in [-0.1, -0.05) is 39.3 Å². The van der Waals surface area contributed by atoms with E-state index in [1.54, 1.807) is 10.9 Å². The predicted octanol–water partition coefficient (Wildman–Crippen LogP) is 3.72. The van der Waals surface area contributed by atoms with Gasteiger partial charge in [-0.15, -0.1) is 5.10 Å². The highest BCUT2D eigenvalue weighted by molar-refractivity contribution is 14.1. The quantitative estimate of drug-likeness (QED) is 0.612. The average molecular weight is 456 g/mol. The SMILES string of the molecule is OC(c1cc(Br)ccc1I)c1cnnn1-c1ccccc1.